The summed E-state index contributed by atoms with van der Waals surface area (Å²) in [6.07, 6.45) is 3.48. The minimum absolute atomic E-state index is 0.0696. The van der Waals surface area contributed by atoms with Crippen LogP contribution in [0.2, 0.25) is 0 Å². The Labute approximate surface area is 142 Å². The van der Waals surface area contributed by atoms with Crippen molar-refractivity contribution in [1.29, 1.82) is 0 Å². The number of benzene rings is 2. The molecular formula is C20H23FN2O. The number of anilines is 1. The first kappa shape index (κ1) is 16.5. The fraction of sp³-hybridized carbons (Fsp3) is 0.350. The van der Waals surface area contributed by atoms with Gasteiger partial charge in [0, 0.05) is 31.7 Å². The largest absolute Gasteiger partial charge is 0.371 e. The number of carbonyl (C=O) groups excluding carboxylic acids is 1. The molecule has 24 heavy (non-hydrogen) atoms. The number of nitrogens with zero attached hydrogens (tertiary/aromatic N) is 1. The van der Waals surface area contributed by atoms with Gasteiger partial charge < -0.3 is 10.2 Å². The number of hydrogen-bond acceptors (Lipinski definition) is 2. The lowest BCUT2D eigenvalue weighted by atomic mass is 10.0. The lowest BCUT2D eigenvalue weighted by Gasteiger charge is -2.31. The van der Waals surface area contributed by atoms with E-state index in [9.17, 15) is 9.18 Å². The SMILES string of the molecule is O=C(CCN1CCCc2ccccc21)NCCc1ccc(F)cc1. The van der Waals surface area contributed by atoms with Crippen LogP contribution in [0.25, 0.3) is 0 Å². The van der Waals surface area contributed by atoms with Crippen molar-refractivity contribution in [1.82, 2.24) is 5.32 Å². The van der Waals surface area contributed by atoms with Crippen LogP contribution in [0.3, 0.4) is 0 Å². The molecular weight excluding hydrogens is 303 g/mol. The molecule has 3 nitrogen and oxygen atoms in total. The van der Waals surface area contributed by atoms with Crippen LogP contribution in [-0.2, 0) is 17.6 Å². The van der Waals surface area contributed by atoms with Gasteiger partial charge in [0.05, 0.1) is 0 Å². The molecule has 1 amide bonds. The number of nitrogens with one attached hydrogen (secondary N) is 1. The highest BCUT2D eigenvalue weighted by Gasteiger charge is 2.16. The third-order valence-electron chi connectivity index (χ3n) is 4.46. The minimum atomic E-state index is -0.232. The van der Waals surface area contributed by atoms with Gasteiger partial charge in [-0.2, -0.15) is 0 Å². The molecule has 0 aliphatic carbocycles. The molecule has 1 N–H and O–H groups in total. The maximum absolute atomic E-state index is 12.8. The highest BCUT2D eigenvalue weighted by atomic mass is 19.1. The zero-order valence-electron chi connectivity index (χ0n) is 13.8. The smallest absolute Gasteiger partial charge is 0.221 e. The van der Waals surface area contributed by atoms with Gasteiger partial charge >= 0.3 is 0 Å². The van der Waals surface area contributed by atoms with E-state index in [1.807, 2.05) is 0 Å². The second-order valence-electron chi connectivity index (χ2n) is 6.20. The Kier molecular flexibility index (Phi) is 5.47. The minimum Gasteiger partial charge on any atom is -0.371 e. The summed E-state index contributed by atoms with van der Waals surface area (Å²) in [6.45, 7) is 2.35. The van der Waals surface area contributed by atoms with E-state index >= 15 is 0 Å². The van der Waals surface area contributed by atoms with E-state index in [2.05, 4.69) is 34.5 Å². The number of amides is 1. The molecule has 0 unspecified atom stereocenters. The summed E-state index contributed by atoms with van der Waals surface area (Å²) in [7, 11) is 0. The van der Waals surface area contributed by atoms with Crippen LogP contribution < -0.4 is 10.2 Å². The molecule has 0 aromatic heterocycles. The Bertz CT molecular complexity index is 684. The summed E-state index contributed by atoms with van der Waals surface area (Å²) in [6, 6.07) is 14.9. The van der Waals surface area contributed by atoms with Gasteiger partial charge in [-0.3, -0.25) is 4.79 Å². The van der Waals surface area contributed by atoms with Crippen LogP contribution in [0, 0.1) is 5.82 Å². The van der Waals surface area contributed by atoms with Crippen LogP contribution in [0.1, 0.15) is 24.0 Å². The summed E-state index contributed by atoms with van der Waals surface area (Å²) >= 11 is 0. The molecule has 0 radical (unpaired) electrons. The standard InChI is InChI=1S/C20H23FN2O/c21-18-9-7-16(8-10-18)11-13-22-20(24)12-15-23-14-3-5-17-4-1-2-6-19(17)23/h1-2,4,6-10H,3,5,11-15H2,(H,22,24). The molecule has 126 valence electrons. The summed E-state index contributed by atoms with van der Waals surface area (Å²) < 4.78 is 12.8. The highest BCUT2D eigenvalue weighted by molar-refractivity contribution is 5.76. The van der Waals surface area contributed by atoms with Crippen LogP contribution in [0.15, 0.2) is 48.5 Å². The van der Waals surface area contributed by atoms with Crippen LogP contribution in [-0.4, -0.2) is 25.5 Å². The molecule has 1 heterocycles. The zero-order chi connectivity index (χ0) is 16.8. The molecule has 2 aromatic rings. The van der Waals surface area contributed by atoms with Crippen LogP contribution in [0.4, 0.5) is 10.1 Å². The first-order chi connectivity index (χ1) is 11.7. The second kappa shape index (κ2) is 7.95. The van der Waals surface area contributed by atoms with Gasteiger partial charge in [0.25, 0.3) is 0 Å². The van der Waals surface area contributed by atoms with Crippen molar-refractivity contribution in [2.45, 2.75) is 25.7 Å². The third-order valence-corrected chi connectivity index (χ3v) is 4.46. The van der Waals surface area contributed by atoms with E-state index in [4.69, 9.17) is 0 Å². The summed E-state index contributed by atoms with van der Waals surface area (Å²) in [4.78, 5) is 14.3. The predicted molar refractivity (Wildman–Crippen MR) is 94.7 cm³/mol. The number of hydrogen-bond donors (Lipinski definition) is 1. The number of halogens is 1. The predicted octanol–water partition coefficient (Wildman–Crippen LogP) is 3.33. The molecule has 0 bridgehead atoms. The van der Waals surface area contributed by atoms with Crippen LogP contribution in [0.5, 0.6) is 0 Å². The molecule has 2 aromatic carbocycles. The van der Waals surface area contributed by atoms with E-state index < -0.39 is 0 Å². The fourth-order valence-electron chi connectivity index (χ4n) is 3.17. The first-order valence-corrected chi connectivity index (χ1v) is 8.56. The molecule has 0 saturated carbocycles. The zero-order valence-corrected chi connectivity index (χ0v) is 13.8. The lowest BCUT2D eigenvalue weighted by Crippen LogP contribution is -2.34. The molecule has 0 saturated heterocycles. The molecule has 1 aliphatic rings. The molecule has 3 rings (SSSR count). The summed E-state index contributed by atoms with van der Waals surface area (Å²) in [5, 5.41) is 2.95. The Morgan fingerprint density at radius 3 is 2.75 bits per heavy atom. The van der Waals surface area contributed by atoms with E-state index in [-0.39, 0.29) is 11.7 Å². The van der Waals surface area contributed by atoms with Gasteiger partial charge in [-0.25, -0.2) is 4.39 Å². The van der Waals surface area contributed by atoms with Crippen molar-refractivity contribution >= 4 is 11.6 Å². The normalized spacial score (nSPS) is 13.5. The Morgan fingerprint density at radius 2 is 1.92 bits per heavy atom. The number of para-hydroxylation sites is 1. The van der Waals surface area contributed by atoms with E-state index in [0.717, 1.165) is 37.9 Å². The molecule has 1 aliphatic heterocycles. The second-order valence-corrected chi connectivity index (χ2v) is 6.20. The quantitative estimate of drug-likeness (QED) is 0.883. The topological polar surface area (TPSA) is 32.3 Å². The van der Waals surface area contributed by atoms with Crippen molar-refractivity contribution in [2.75, 3.05) is 24.5 Å². The Balaban J connectivity index is 1.42. The maximum Gasteiger partial charge on any atom is 0.221 e. The van der Waals surface area contributed by atoms with E-state index in [1.165, 1.54) is 23.4 Å². The van der Waals surface area contributed by atoms with Crippen LogP contribution >= 0.6 is 0 Å². The molecule has 0 spiro atoms. The van der Waals surface area contributed by atoms with Crippen molar-refractivity contribution in [3.63, 3.8) is 0 Å². The molecule has 0 atom stereocenters. The average molecular weight is 326 g/mol. The first-order valence-electron chi connectivity index (χ1n) is 8.56. The average Bonchev–Trinajstić information content (AvgIpc) is 2.61. The number of rotatable bonds is 6. The third kappa shape index (κ3) is 4.34. The van der Waals surface area contributed by atoms with Gasteiger partial charge in [-0.1, -0.05) is 30.3 Å². The fourth-order valence-corrected chi connectivity index (χ4v) is 3.17. The van der Waals surface area contributed by atoms with Crippen molar-refractivity contribution < 1.29 is 9.18 Å². The van der Waals surface area contributed by atoms with Gasteiger partial charge in [-0.15, -0.1) is 0 Å². The van der Waals surface area contributed by atoms with Gasteiger partial charge in [0.1, 0.15) is 5.82 Å². The van der Waals surface area contributed by atoms with Gasteiger partial charge in [0.2, 0.25) is 5.91 Å². The summed E-state index contributed by atoms with van der Waals surface area (Å²) in [5.74, 6) is -0.162. The van der Waals surface area contributed by atoms with E-state index in [0.29, 0.717) is 13.0 Å². The number of aryl methyl sites for hydroxylation is 1. The summed E-state index contributed by atoms with van der Waals surface area (Å²) in [5.41, 5.74) is 3.67. The molecule has 4 heteroatoms. The van der Waals surface area contributed by atoms with Crippen molar-refractivity contribution in [2.24, 2.45) is 0 Å². The van der Waals surface area contributed by atoms with Gasteiger partial charge in [0.15, 0.2) is 0 Å². The number of carbonyl (C=O) groups is 1. The Morgan fingerprint density at radius 1 is 1.12 bits per heavy atom. The van der Waals surface area contributed by atoms with E-state index in [1.54, 1.807) is 12.1 Å². The van der Waals surface area contributed by atoms with Crippen molar-refractivity contribution in [3.8, 4) is 0 Å². The Hall–Kier alpha value is -2.36. The number of fused-ring (bicyclic) bond motifs is 1. The monoisotopic (exact) mass is 326 g/mol. The highest BCUT2D eigenvalue weighted by Crippen LogP contribution is 2.26. The molecule has 0 fully saturated rings. The van der Waals surface area contributed by atoms with Crippen molar-refractivity contribution in [3.05, 3.63) is 65.5 Å². The maximum atomic E-state index is 12.8. The lowest BCUT2D eigenvalue weighted by molar-refractivity contribution is -0.120. The van der Waals surface area contributed by atoms with Gasteiger partial charge in [-0.05, 0) is 48.6 Å².